The molecule has 0 aromatic heterocycles. The van der Waals surface area contributed by atoms with Crippen LogP contribution in [-0.4, -0.2) is 22.0 Å². The molecule has 0 amide bonds. The van der Waals surface area contributed by atoms with Crippen LogP contribution in [-0.2, 0) is 16.0 Å². The van der Waals surface area contributed by atoms with Gasteiger partial charge in [0.05, 0.1) is 11.6 Å². The lowest BCUT2D eigenvalue weighted by atomic mass is 9.96. The van der Waals surface area contributed by atoms with Crippen LogP contribution in [0.5, 0.6) is 0 Å². The fourth-order valence-electron chi connectivity index (χ4n) is 1.50. The van der Waals surface area contributed by atoms with Crippen molar-refractivity contribution in [1.82, 2.24) is 0 Å². The number of hydrogen-bond acceptors (Lipinski definition) is 4. The monoisotopic (exact) mass is 233 g/mol. The lowest BCUT2D eigenvalue weighted by Gasteiger charge is -2.11. The number of nitrogens with zero attached hydrogens (tertiary/aromatic N) is 1. The van der Waals surface area contributed by atoms with E-state index in [0.29, 0.717) is 11.1 Å². The number of ketones is 1. The van der Waals surface area contributed by atoms with E-state index in [1.54, 1.807) is 0 Å². The predicted molar refractivity (Wildman–Crippen MR) is 58.1 cm³/mol. The number of carboxylic acid groups (broad SMARTS) is 1. The van der Waals surface area contributed by atoms with Gasteiger partial charge in [-0.15, -0.1) is 0 Å². The molecule has 1 aromatic rings. The summed E-state index contributed by atoms with van der Waals surface area (Å²) < 4.78 is 0. The summed E-state index contributed by atoms with van der Waals surface area (Å²) in [4.78, 5) is 21.7. The van der Waals surface area contributed by atoms with Crippen molar-refractivity contribution in [2.45, 2.75) is 19.4 Å². The van der Waals surface area contributed by atoms with Crippen LogP contribution >= 0.6 is 0 Å². The van der Waals surface area contributed by atoms with Gasteiger partial charge in [-0.25, -0.2) is 4.79 Å². The van der Waals surface area contributed by atoms with E-state index in [0.717, 1.165) is 0 Å². The number of hydrogen-bond donors (Lipinski definition) is 2. The lowest BCUT2D eigenvalue weighted by Crippen LogP contribution is -2.14. The molecule has 0 aliphatic carbocycles. The Hall–Kier alpha value is -2.19. The first-order chi connectivity index (χ1) is 7.95. The molecule has 0 bridgehead atoms. The molecular weight excluding hydrogens is 222 g/mol. The van der Waals surface area contributed by atoms with Crippen molar-refractivity contribution in [3.05, 3.63) is 34.9 Å². The van der Waals surface area contributed by atoms with Crippen LogP contribution in [0, 0.1) is 11.3 Å². The van der Waals surface area contributed by atoms with Crippen LogP contribution in [0.1, 0.15) is 29.7 Å². The summed E-state index contributed by atoms with van der Waals surface area (Å²) in [5, 5.41) is 26.9. The molecule has 88 valence electrons. The third kappa shape index (κ3) is 3.13. The Balaban J connectivity index is 3.24. The van der Waals surface area contributed by atoms with Gasteiger partial charge in [0, 0.05) is 6.42 Å². The van der Waals surface area contributed by atoms with Crippen LogP contribution in [0.3, 0.4) is 0 Å². The largest absolute Gasteiger partial charge is 0.479 e. The van der Waals surface area contributed by atoms with Gasteiger partial charge in [-0.3, -0.25) is 4.79 Å². The summed E-state index contributed by atoms with van der Waals surface area (Å²) in [6.07, 6.45) is -1.69. The lowest BCUT2D eigenvalue weighted by molar-refractivity contribution is -0.147. The zero-order chi connectivity index (χ0) is 13.0. The molecule has 1 atom stereocenters. The molecule has 0 heterocycles. The van der Waals surface area contributed by atoms with Gasteiger partial charge in [-0.05, 0) is 30.2 Å². The minimum absolute atomic E-state index is 0.00477. The fraction of sp³-hybridized carbons (Fsp3) is 0.250. The number of carbonyl (C=O) groups excluding carboxylic acids is 1. The van der Waals surface area contributed by atoms with E-state index in [1.165, 1.54) is 25.1 Å². The summed E-state index contributed by atoms with van der Waals surface area (Å²) in [5.74, 6) is -1.56. The Kier molecular flexibility index (Phi) is 3.96. The van der Waals surface area contributed by atoms with Gasteiger partial charge in [0.2, 0.25) is 0 Å². The number of aliphatic hydroxyl groups is 1. The van der Waals surface area contributed by atoms with Gasteiger partial charge in [0.15, 0.2) is 6.10 Å². The third-order valence-corrected chi connectivity index (χ3v) is 2.24. The second kappa shape index (κ2) is 5.23. The molecule has 2 N–H and O–H groups in total. The number of aliphatic hydroxyl groups excluding tert-OH is 1. The van der Waals surface area contributed by atoms with Gasteiger partial charge < -0.3 is 10.2 Å². The molecule has 0 spiro atoms. The van der Waals surface area contributed by atoms with Crippen LogP contribution in [0.4, 0.5) is 0 Å². The van der Waals surface area contributed by atoms with E-state index in [2.05, 4.69) is 0 Å². The number of Topliss-reactive ketones (excluding diaryl/α,β-unsaturated/α-hetero) is 1. The summed E-state index contributed by atoms with van der Waals surface area (Å²) in [7, 11) is 0. The summed E-state index contributed by atoms with van der Waals surface area (Å²) in [6, 6.07) is 6.08. The first-order valence-electron chi connectivity index (χ1n) is 4.89. The molecule has 0 radical (unpaired) electrons. The van der Waals surface area contributed by atoms with E-state index in [-0.39, 0.29) is 17.8 Å². The molecule has 1 rings (SSSR count). The number of aliphatic carboxylic acids is 1. The molecular formula is C12H11NO4. The van der Waals surface area contributed by atoms with Gasteiger partial charge in [0.1, 0.15) is 5.78 Å². The van der Waals surface area contributed by atoms with Gasteiger partial charge in [-0.2, -0.15) is 5.26 Å². The molecule has 0 aliphatic heterocycles. The predicted octanol–water partition coefficient (Wildman–Crippen LogP) is 0.808. The minimum Gasteiger partial charge on any atom is -0.479 e. The maximum absolute atomic E-state index is 11.0. The number of rotatable bonds is 4. The number of nitriles is 1. The van der Waals surface area contributed by atoms with Crippen molar-refractivity contribution in [1.29, 1.82) is 5.26 Å². The second-order valence-electron chi connectivity index (χ2n) is 3.64. The standard InChI is InChI=1S/C12H11NO4/c1-7(14)4-9-5-8(6-13)2-3-10(9)11(15)12(16)17/h2-3,5,11,15H,4H2,1H3,(H,16,17). The Morgan fingerprint density at radius 2 is 2.12 bits per heavy atom. The van der Waals surface area contributed by atoms with Crippen molar-refractivity contribution in [2.24, 2.45) is 0 Å². The van der Waals surface area contributed by atoms with Crippen LogP contribution in [0.25, 0.3) is 0 Å². The van der Waals surface area contributed by atoms with E-state index >= 15 is 0 Å². The zero-order valence-electron chi connectivity index (χ0n) is 9.17. The van der Waals surface area contributed by atoms with Gasteiger partial charge in [-0.1, -0.05) is 6.07 Å². The van der Waals surface area contributed by atoms with Crippen molar-refractivity contribution in [3.63, 3.8) is 0 Å². The molecule has 0 aliphatic rings. The average molecular weight is 233 g/mol. The highest BCUT2D eigenvalue weighted by Crippen LogP contribution is 2.20. The first-order valence-corrected chi connectivity index (χ1v) is 4.89. The van der Waals surface area contributed by atoms with Crippen LogP contribution in [0.15, 0.2) is 18.2 Å². The molecule has 1 unspecified atom stereocenters. The van der Waals surface area contributed by atoms with Crippen molar-refractivity contribution < 1.29 is 19.8 Å². The van der Waals surface area contributed by atoms with E-state index in [1.807, 2.05) is 6.07 Å². The number of benzene rings is 1. The average Bonchev–Trinajstić information content (AvgIpc) is 2.27. The Bertz CT molecular complexity index is 502. The maximum Gasteiger partial charge on any atom is 0.337 e. The van der Waals surface area contributed by atoms with Gasteiger partial charge in [0.25, 0.3) is 0 Å². The molecule has 5 heteroatoms. The maximum atomic E-state index is 11.0. The summed E-state index contributed by atoms with van der Waals surface area (Å²) >= 11 is 0. The Morgan fingerprint density at radius 1 is 1.47 bits per heavy atom. The molecule has 0 fully saturated rings. The van der Waals surface area contributed by atoms with Crippen molar-refractivity contribution in [2.75, 3.05) is 0 Å². The fourth-order valence-corrected chi connectivity index (χ4v) is 1.50. The first kappa shape index (κ1) is 12.9. The Morgan fingerprint density at radius 3 is 2.59 bits per heavy atom. The highest BCUT2D eigenvalue weighted by atomic mass is 16.4. The smallest absolute Gasteiger partial charge is 0.337 e. The molecule has 17 heavy (non-hydrogen) atoms. The second-order valence-corrected chi connectivity index (χ2v) is 3.64. The number of carboxylic acids is 1. The molecule has 0 saturated carbocycles. The zero-order valence-corrected chi connectivity index (χ0v) is 9.17. The SMILES string of the molecule is CC(=O)Cc1cc(C#N)ccc1C(O)C(=O)O. The number of carbonyl (C=O) groups is 2. The normalized spacial score (nSPS) is 11.6. The highest BCUT2D eigenvalue weighted by molar-refractivity contribution is 5.80. The van der Waals surface area contributed by atoms with E-state index in [4.69, 9.17) is 10.4 Å². The molecule has 5 nitrogen and oxygen atoms in total. The van der Waals surface area contributed by atoms with E-state index < -0.39 is 12.1 Å². The highest BCUT2D eigenvalue weighted by Gasteiger charge is 2.20. The molecule has 0 saturated heterocycles. The molecule has 1 aromatic carbocycles. The quantitative estimate of drug-likeness (QED) is 0.801. The summed E-state index contributed by atoms with van der Waals surface area (Å²) in [6.45, 7) is 1.36. The van der Waals surface area contributed by atoms with Crippen LogP contribution < -0.4 is 0 Å². The third-order valence-electron chi connectivity index (χ3n) is 2.24. The van der Waals surface area contributed by atoms with Crippen molar-refractivity contribution in [3.8, 4) is 6.07 Å². The van der Waals surface area contributed by atoms with Crippen LogP contribution in [0.2, 0.25) is 0 Å². The summed E-state index contributed by atoms with van der Waals surface area (Å²) in [5.41, 5.74) is 0.834. The topological polar surface area (TPSA) is 98.4 Å². The minimum atomic E-state index is -1.68. The van der Waals surface area contributed by atoms with Crippen molar-refractivity contribution >= 4 is 11.8 Å². The van der Waals surface area contributed by atoms with Gasteiger partial charge >= 0.3 is 5.97 Å². The van der Waals surface area contributed by atoms with E-state index in [9.17, 15) is 14.7 Å². The Labute approximate surface area is 97.9 Å².